The Morgan fingerprint density at radius 2 is 1.67 bits per heavy atom. The molecular formula is C17H16N2O2. The first-order valence-electron chi connectivity index (χ1n) is 6.88. The second-order valence-corrected chi connectivity index (χ2v) is 5.14. The highest BCUT2D eigenvalue weighted by atomic mass is 16.2. The molecule has 1 aliphatic heterocycles. The summed E-state index contributed by atoms with van der Waals surface area (Å²) < 4.78 is 0. The lowest BCUT2D eigenvalue weighted by Gasteiger charge is -2.14. The first kappa shape index (κ1) is 13.4. The molecule has 0 spiro atoms. The van der Waals surface area contributed by atoms with E-state index in [0.717, 1.165) is 16.7 Å². The molecule has 1 fully saturated rings. The summed E-state index contributed by atoms with van der Waals surface area (Å²) in [6.07, 6.45) is 0. The maximum Gasteiger partial charge on any atom is 0.325 e. The summed E-state index contributed by atoms with van der Waals surface area (Å²) in [5, 5.41) is 2.75. The van der Waals surface area contributed by atoms with Gasteiger partial charge in [0.05, 0.1) is 6.54 Å². The van der Waals surface area contributed by atoms with Crippen molar-refractivity contribution in [3.05, 3.63) is 71.3 Å². The molecule has 0 saturated carbocycles. The van der Waals surface area contributed by atoms with Crippen molar-refractivity contribution >= 4 is 11.9 Å². The molecule has 3 rings (SSSR count). The van der Waals surface area contributed by atoms with Crippen molar-refractivity contribution in [3.63, 3.8) is 0 Å². The average molecular weight is 280 g/mol. The molecule has 1 saturated heterocycles. The van der Waals surface area contributed by atoms with E-state index in [1.807, 2.05) is 61.5 Å². The molecule has 0 aromatic heterocycles. The molecule has 0 bridgehead atoms. The predicted octanol–water partition coefficient (Wildman–Crippen LogP) is 2.79. The van der Waals surface area contributed by atoms with E-state index in [-0.39, 0.29) is 11.9 Å². The monoisotopic (exact) mass is 280 g/mol. The third-order valence-corrected chi connectivity index (χ3v) is 3.75. The summed E-state index contributed by atoms with van der Waals surface area (Å²) in [6.45, 7) is 2.28. The Bertz CT molecular complexity index is 682. The zero-order chi connectivity index (χ0) is 14.8. The van der Waals surface area contributed by atoms with Gasteiger partial charge in [-0.05, 0) is 23.6 Å². The summed E-state index contributed by atoms with van der Waals surface area (Å²) in [6, 6.07) is 16.1. The van der Waals surface area contributed by atoms with E-state index in [4.69, 9.17) is 0 Å². The molecule has 0 radical (unpaired) electrons. The Kier molecular flexibility index (Phi) is 3.44. The minimum absolute atomic E-state index is 0.200. The Morgan fingerprint density at radius 3 is 2.38 bits per heavy atom. The van der Waals surface area contributed by atoms with Crippen LogP contribution in [0.1, 0.15) is 22.7 Å². The van der Waals surface area contributed by atoms with E-state index in [1.54, 1.807) is 0 Å². The number of imide groups is 1. The molecule has 106 valence electrons. The summed E-state index contributed by atoms with van der Waals surface area (Å²) in [7, 11) is 0. The molecule has 2 aromatic rings. The van der Waals surface area contributed by atoms with Crippen LogP contribution in [-0.4, -0.2) is 16.8 Å². The van der Waals surface area contributed by atoms with Crippen molar-refractivity contribution in [1.82, 2.24) is 10.2 Å². The summed E-state index contributed by atoms with van der Waals surface area (Å²) in [4.78, 5) is 25.8. The van der Waals surface area contributed by atoms with Gasteiger partial charge in [-0.25, -0.2) is 4.79 Å². The van der Waals surface area contributed by atoms with Gasteiger partial charge in [0.25, 0.3) is 5.91 Å². The molecule has 0 aliphatic carbocycles. The normalized spacial score (nSPS) is 18.0. The van der Waals surface area contributed by atoms with E-state index in [2.05, 4.69) is 5.32 Å². The van der Waals surface area contributed by atoms with Gasteiger partial charge in [0.1, 0.15) is 6.04 Å². The minimum atomic E-state index is -0.581. The van der Waals surface area contributed by atoms with Crippen molar-refractivity contribution in [2.24, 2.45) is 0 Å². The van der Waals surface area contributed by atoms with Gasteiger partial charge in [0, 0.05) is 0 Å². The number of carbonyl (C=O) groups excluding carboxylic acids is 2. The van der Waals surface area contributed by atoms with Crippen LogP contribution >= 0.6 is 0 Å². The maximum absolute atomic E-state index is 12.5. The largest absolute Gasteiger partial charge is 0.325 e. The van der Waals surface area contributed by atoms with E-state index >= 15 is 0 Å². The number of carbonyl (C=O) groups is 2. The SMILES string of the molecule is Cc1ccccc1CN1C(=O)NC(c2ccccc2)C1=O. The van der Waals surface area contributed by atoms with Crippen molar-refractivity contribution in [1.29, 1.82) is 0 Å². The second-order valence-electron chi connectivity index (χ2n) is 5.14. The molecule has 1 aliphatic rings. The number of hydrogen-bond donors (Lipinski definition) is 1. The lowest BCUT2D eigenvalue weighted by Crippen LogP contribution is -2.30. The number of benzene rings is 2. The van der Waals surface area contributed by atoms with Gasteiger partial charge in [-0.2, -0.15) is 0 Å². The van der Waals surface area contributed by atoms with Crippen LogP contribution < -0.4 is 5.32 Å². The van der Waals surface area contributed by atoms with Crippen molar-refractivity contribution in [3.8, 4) is 0 Å². The number of aryl methyl sites for hydroxylation is 1. The number of amides is 3. The summed E-state index contributed by atoms with van der Waals surface area (Å²) in [5.74, 6) is -0.200. The smallest absolute Gasteiger partial charge is 0.322 e. The molecular weight excluding hydrogens is 264 g/mol. The third-order valence-electron chi connectivity index (χ3n) is 3.75. The van der Waals surface area contributed by atoms with Gasteiger partial charge >= 0.3 is 6.03 Å². The van der Waals surface area contributed by atoms with E-state index < -0.39 is 6.04 Å². The molecule has 4 heteroatoms. The van der Waals surface area contributed by atoms with Crippen LogP contribution in [0.3, 0.4) is 0 Å². The Morgan fingerprint density at radius 1 is 1.00 bits per heavy atom. The molecule has 1 N–H and O–H groups in total. The summed E-state index contributed by atoms with van der Waals surface area (Å²) in [5.41, 5.74) is 2.86. The number of nitrogens with one attached hydrogen (secondary N) is 1. The molecule has 21 heavy (non-hydrogen) atoms. The molecule has 4 nitrogen and oxygen atoms in total. The van der Waals surface area contributed by atoms with Crippen LogP contribution in [-0.2, 0) is 11.3 Å². The van der Waals surface area contributed by atoms with Crippen LogP contribution in [0.15, 0.2) is 54.6 Å². The number of urea groups is 1. The van der Waals surface area contributed by atoms with Gasteiger partial charge in [-0.15, -0.1) is 0 Å². The Balaban J connectivity index is 1.83. The molecule has 1 atom stereocenters. The van der Waals surface area contributed by atoms with Gasteiger partial charge in [0.15, 0.2) is 0 Å². The second kappa shape index (κ2) is 5.40. The number of nitrogens with zero attached hydrogens (tertiary/aromatic N) is 1. The highest BCUT2D eigenvalue weighted by molar-refractivity contribution is 6.04. The first-order valence-corrected chi connectivity index (χ1v) is 6.88. The molecule has 1 heterocycles. The fourth-order valence-corrected chi connectivity index (χ4v) is 2.50. The molecule has 3 amide bonds. The zero-order valence-corrected chi connectivity index (χ0v) is 11.7. The van der Waals surface area contributed by atoms with E-state index in [1.165, 1.54) is 4.90 Å². The highest BCUT2D eigenvalue weighted by Gasteiger charge is 2.38. The fourth-order valence-electron chi connectivity index (χ4n) is 2.50. The predicted molar refractivity (Wildman–Crippen MR) is 79.4 cm³/mol. The van der Waals surface area contributed by atoms with Crippen LogP contribution in [0.5, 0.6) is 0 Å². The number of hydrogen-bond acceptors (Lipinski definition) is 2. The highest BCUT2D eigenvalue weighted by Crippen LogP contribution is 2.23. The van der Waals surface area contributed by atoms with E-state index in [9.17, 15) is 9.59 Å². The van der Waals surface area contributed by atoms with Crippen LogP contribution in [0.25, 0.3) is 0 Å². The van der Waals surface area contributed by atoms with Gasteiger partial charge in [-0.3, -0.25) is 9.69 Å². The van der Waals surface area contributed by atoms with Crippen molar-refractivity contribution < 1.29 is 9.59 Å². The van der Waals surface area contributed by atoms with Gasteiger partial charge in [-0.1, -0.05) is 54.6 Å². The Hall–Kier alpha value is -2.62. The minimum Gasteiger partial charge on any atom is -0.322 e. The first-order chi connectivity index (χ1) is 10.2. The molecule has 2 aromatic carbocycles. The number of rotatable bonds is 3. The van der Waals surface area contributed by atoms with Crippen LogP contribution in [0, 0.1) is 6.92 Å². The van der Waals surface area contributed by atoms with Crippen LogP contribution in [0.2, 0.25) is 0 Å². The standard InChI is InChI=1S/C17H16N2O2/c1-12-7-5-6-10-14(12)11-19-16(20)15(18-17(19)21)13-8-3-2-4-9-13/h2-10,15H,11H2,1H3,(H,18,21). The third kappa shape index (κ3) is 2.52. The lowest BCUT2D eigenvalue weighted by atomic mass is 10.1. The van der Waals surface area contributed by atoms with Crippen molar-refractivity contribution in [2.45, 2.75) is 19.5 Å². The maximum atomic E-state index is 12.5. The average Bonchev–Trinajstić information content (AvgIpc) is 2.78. The van der Waals surface area contributed by atoms with Crippen LogP contribution in [0.4, 0.5) is 4.79 Å². The topological polar surface area (TPSA) is 49.4 Å². The van der Waals surface area contributed by atoms with Gasteiger partial charge in [0.2, 0.25) is 0 Å². The summed E-state index contributed by atoms with van der Waals surface area (Å²) >= 11 is 0. The molecule has 1 unspecified atom stereocenters. The Labute approximate surface area is 123 Å². The lowest BCUT2D eigenvalue weighted by molar-refractivity contribution is -0.128. The van der Waals surface area contributed by atoms with Crippen molar-refractivity contribution in [2.75, 3.05) is 0 Å². The zero-order valence-electron chi connectivity index (χ0n) is 11.7. The quantitative estimate of drug-likeness (QED) is 0.879. The van der Waals surface area contributed by atoms with Gasteiger partial charge < -0.3 is 5.32 Å². The van der Waals surface area contributed by atoms with E-state index in [0.29, 0.717) is 6.54 Å². The fraction of sp³-hybridized carbons (Fsp3) is 0.176.